The number of aromatic nitrogens is 2. The van der Waals surface area contributed by atoms with Gasteiger partial charge in [0.15, 0.2) is 0 Å². The fourth-order valence-electron chi connectivity index (χ4n) is 2.18. The molecule has 0 aliphatic heterocycles. The summed E-state index contributed by atoms with van der Waals surface area (Å²) < 4.78 is 8.24. The second-order valence-corrected chi connectivity index (χ2v) is 6.02. The first-order chi connectivity index (χ1) is 11.1. The van der Waals surface area contributed by atoms with Crippen molar-refractivity contribution in [3.8, 4) is 5.75 Å². The lowest BCUT2D eigenvalue weighted by Gasteiger charge is -2.18. The average molecular weight is 374 g/mol. The molecule has 0 spiro atoms. The minimum absolute atomic E-state index is 0.0914. The third kappa shape index (κ3) is 3.71. The van der Waals surface area contributed by atoms with Gasteiger partial charge in [0.2, 0.25) is 0 Å². The van der Waals surface area contributed by atoms with Crippen LogP contribution >= 0.6 is 15.9 Å². The van der Waals surface area contributed by atoms with Gasteiger partial charge < -0.3 is 9.64 Å². The molecule has 0 bridgehead atoms. The summed E-state index contributed by atoms with van der Waals surface area (Å²) in [5, 5.41) is 0. The first-order valence-electron chi connectivity index (χ1n) is 7.21. The molecule has 0 aliphatic rings. The van der Waals surface area contributed by atoms with Crippen molar-refractivity contribution in [3.63, 3.8) is 0 Å². The number of hydrogen-bond donors (Lipinski definition) is 0. The summed E-state index contributed by atoms with van der Waals surface area (Å²) in [6.45, 7) is 1.14. The van der Waals surface area contributed by atoms with E-state index >= 15 is 0 Å². The summed E-state index contributed by atoms with van der Waals surface area (Å²) in [6.07, 6.45) is 1.71. The van der Waals surface area contributed by atoms with E-state index in [2.05, 4.69) is 20.9 Å². The minimum atomic E-state index is -0.0914. The third-order valence-electron chi connectivity index (χ3n) is 3.46. The van der Waals surface area contributed by atoms with E-state index < -0.39 is 0 Å². The molecule has 0 saturated carbocycles. The van der Waals surface area contributed by atoms with Crippen molar-refractivity contribution in [2.24, 2.45) is 0 Å². The van der Waals surface area contributed by atoms with E-state index in [1.165, 1.54) is 10.5 Å². The highest BCUT2D eigenvalue weighted by Crippen LogP contribution is 2.16. The second kappa shape index (κ2) is 6.83. The molecule has 2 heterocycles. The van der Waals surface area contributed by atoms with Gasteiger partial charge in [-0.1, -0.05) is 22.0 Å². The fraction of sp³-hybridized carbons (Fsp3) is 0.176. The van der Waals surface area contributed by atoms with Crippen LogP contribution in [0.3, 0.4) is 0 Å². The Morgan fingerprint density at radius 2 is 2.00 bits per heavy atom. The Labute approximate surface area is 142 Å². The molecular formula is C17H16BrN3O2. The Balaban J connectivity index is 1.67. The number of nitrogens with zero attached hydrogens (tertiary/aromatic N) is 3. The van der Waals surface area contributed by atoms with Crippen LogP contribution in [0.15, 0.2) is 64.0 Å². The van der Waals surface area contributed by atoms with E-state index in [4.69, 9.17) is 4.74 Å². The van der Waals surface area contributed by atoms with Crippen LogP contribution in [0.1, 0.15) is 0 Å². The summed E-state index contributed by atoms with van der Waals surface area (Å²) >= 11 is 3.39. The fourth-order valence-corrected chi connectivity index (χ4v) is 2.45. The quantitative estimate of drug-likeness (QED) is 0.689. The van der Waals surface area contributed by atoms with Crippen molar-refractivity contribution in [1.82, 2.24) is 9.38 Å². The predicted molar refractivity (Wildman–Crippen MR) is 94.4 cm³/mol. The maximum absolute atomic E-state index is 12.1. The van der Waals surface area contributed by atoms with Crippen LogP contribution in [-0.2, 0) is 0 Å². The van der Waals surface area contributed by atoms with Crippen molar-refractivity contribution < 1.29 is 4.74 Å². The Morgan fingerprint density at radius 1 is 1.22 bits per heavy atom. The lowest BCUT2D eigenvalue weighted by Crippen LogP contribution is -2.27. The molecule has 118 valence electrons. The maximum Gasteiger partial charge on any atom is 0.259 e. The first-order valence-corrected chi connectivity index (χ1v) is 8.01. The normalized spacial score (nSPS) is 10.7. The van der Waals surface area contributed by atoms with Gasteiger partial charge in [-0.2, -0.15) is 0 Å². The van der Waals surface area contributed by atoms with E-state index in [1.54, 1.807) is 6.20 Å². The summed E-state index contributed by atoms with van der Waals surface area (Å²) in [5.41, 5.74) is 0.543. The van der Waals surface area contributed by atoms with Gasteiger partial charge in [-0.25, -0.2) is 4.98 Å². The second-order valence-electron chi connectivity index (χ2n) is 5.11. The third-order valence-corrected chi connectivity index (χ3v) is 3.99. The molecule has 1 aromatic carbocycles. The van der Waals surface area contributed by atoms with Crippen LogP contribution in [0, 0.1) is 0 Å². The van der Waals surface area contributed by atoms with Gasteiger partial charge in [0.25, 0.3) is 5.56 Å². The Morgan fingerprint density at radius 3 is 2.78 bits per heavy atom. The van der Waals surface area contributed by atoms with Crippen LogP contribution in [0.25, 0.3) is 5.65 Å². The van der Waals surface area contributed by atoms with Crippen LogP contribution < -0.4 is 15.2 Å². The zero-order chi connectivity index (χ0) is 16.2. The van der Waals surface area contributed by atoms with Gasteiger partial charge in [-0.05, 0) is 36.4 Å². The van der Waals surface area contributed by atoms with Crippen molar-refractivity contribution in [3.05, 3.63) is 69.6 Å². The summed E-state index contributed by atoms with van der Waals surface area (Å²) in [4.78, 5) is 18.5. The van der Waals surface area contributed by atoms with E-state index in [-0.39, 0.29) is 5.56 Å². The van der Waals surface area contributed by atoms with Crippen LogP contribution in [0.5, 0.6) is 5.75 Å². The number of benzene rings is 1. The largest absolute Gasteiger partial charge is 0.492 e. The molecule has 6 heteroatoms. The molecule has 0 saturated heterocycles. The van der Waals surface area contributed by atoms with Gasteiger partial charge in [0.1, 0.15) is 23.8 Å². The Hall–Kier alpha value is -2.34. The first kappa shape index (κ1) is 15.6. The summed E-state index contributed by atoms with van der Waals surface area (Å²) in [7, 11) is 1.89. The molecule has 0 atom stereocenters. The molecule has 0 radical (unpaired) electrons. The summed E-state index contributed by atoms with van der Waals surface area (Å²) in [5.74, 6) is 1.45. The number of hydrogen-bond acceptors (Lipinski definition) is 4. The van der Waals surface area contributed by atoms with Gasteiger partial charge in [-0.15, -0.1) is 0 Å². The number of halogens is 1. The molecule has 0 aliphatic carbocycles. The number of likely N-dealkylation sites (N-methyl/N-ethyl adjacent to an activating group) is 1. The topological polar surface area (TPSA) is 46.8 Å². The number of fused-ring (bicyclic) bond motifs is 1. The lowest BCUT2D eigenvalue weighted by molar-refractivity contribution is 0.325. The van der Waals surface area contributed by atoms with Crippen LogP contribution in [0.2, 0.25) is 0 Å². The molecule has 0 unspecified atom stereocenters. The van der Waals surface area contributed by atoms with E-state index in [0.717, 1.165) is 10.2 Å². The molecular weight excluding hydrogens is 358 g/mol. The minimum Gasteiger partial charge on any atom is -0.492 e. The zero-order valence-corrected chi connectivity index (χ0v) is 14.2. The van der Waals surface area contributed by atoms with Crippen molar-refractivity contribution in [1.29, 1.82) is 0 Å². The molecule has 0 N–H and O–H groups in total. The van der Waals surface area contributed by atoms with Crippen molar-refractivity contribution in [2.75, 3.05) is 25.1 Å². The monoisotopic (exact) mass is 373 g/mol. The number of pyridine rings is 1. The number of rotatable bonds is 5. The average Bonchev–Trinajstić information content (AvgIpc) is 2.56. The summed E-state index contributed by atoms with van der Waals surface area (Å²) in [6, 6.07) is 14.7. The number of ether oxygens (including phenoxy) is 1. The van der Waals surface area contributed by atoms with E-state index in [9.17, 15) is 4.79 Å². The molecule has 3 aromatic rings. The number of anilines is 1. The van der Waals surface area contributed by atoms with Gasteiger partial charge in [0, 0.05) is 23.8 Å². The highest BCUT2D eigenvalue weighted by Gasteiger charge is 2.06. The molecule has 3 rings (SSSR count). The van der Waals surface area contributed by atoms with Gasteiger partial charge >= 0.3 is 0 Å². The van der Waals surface area contributed by atoms with E-state index in [1.807, 2.05) is 54.4 Å². The maximum atomic E-state index is 12.1. The van der Waals surface area contributed by atoms with Gasteiger partial charge in [0.05, 0.1) is 6.54 Å². The predicted octanol–water partition coefficient (Wildman–Crippen LogP) is 2.97. The smallest absolute Gasteiger partial charge is 0.259 e. The Kier molecular flexibility index (Phi) is 4.62. The van der Waals surface area contributed by atoms with E-state index in [0.29, 0.717) is 24.6 Å². The van der Waals surface area contributed by atoms with Crippen LogP contribution in [0.4, 0.5) is 5.82 Å². The van der Waals surface area contributed by atoms with Crippen molar-refractivity contribution >= 4 is 27.4 Å². The van der Waals surface area contributed by atoms with Gasteiger partial charge in [-0.3, -0.25) is 9.20 Å². The van der Waals surface area contributed by atoms with Crippen LogP contribution in [-0.4, -0.2) is 29.6 Å². The van der Waals surface area contributed by atoms with Crippen molar-refractivity contribution in [2.45, 2.75) is 0 Å². The SMILES string of the molecule is CN(CCOc1ccc(Br)cc1)c1cc(=O)n2ccccc2n1. The zero-order valence-electron chi connectivity index (χ0n) is 12.6. The Bertz CT molecular complexity index is 862. The highest BCUT2D eigenvalue weighted by atomic mass is 79.9. The molecule has 23 heavy (non-hydrogen) atoms. The highest BCUT2D eigenvalue weighted by molar-refractivity contribution is 9.10. The lowest BCUT2D eigenvalue weighted by atomic mass is 10.3. The molecule has 0 fully saturated rings. The molecule has 2 aromatic heterocycles. The molecule has 5 nitrogen and oxygen atoms in total. The molecule has 0 amide bonds. The standard InChI is InChI=1S/C17H16BrN3O2/c1-20(10-11-23-14-7-5-13(18)6-8-14)16-12-17(22)21-9-3-2-4-15(21)19-16/h2-9,12H,10-11H2,1H3.